The molecule has 20 heavy (non-hydrogen) atoms. The van der Waals surface area contributed by atoms with E-state index < -0.39 is 0 Å². The van der Waals surface area contributed by atoms with Gasteiger partial charge in [0.1, 0.15) is 11.6 Å². The van der Waals surface area contributed by atoms with Crippen molar-refractivity contribution in [2.24, 2.45) is 5.73 Å². The van der Waals surface area contributed by atoms with Crippen LogP contribution in [-0.4, -0.2) is 13.7 Å². The Morgan fingerprint density at radius 1 is 1.30 bits per heavy atom. The molecule has 0 spiro atoms. The molecule has 0 saturated carbocycles. The maximum absolute atomic E-state index is 13.4. The van der Waals surface area contributed by atoms with Crippen molar-refractivity contribution in [3.05, 3.63) is 59.4 Å². The molecule has 0 amide bonds. The number of hydrogen-bond donors (Lipinski definition) is 1. The van der Waals surface area contributed by atoms with Crippen LogP contribution < -0.4 is 15.4 Å². The summed E-state index contributed by atoms with van der Waals surface area (Å²) < 4.78 is 18.9. The second-order valence-corrected chi connectivity index (χ2v) is 4.89. The topological polar surface area (TPSA) is 38.5 Å². The number of anilines is 1. The van der Waals surface area contributed by atoms with Crippen LogP contribution in [0.1, 0.15) is 17.2 Å². The van der Waals surface area contributed by atoms with Crippen molar-refractivity contribution in [3.8, 4) is 5.75 Å². The number of nitrogens with zero attached hydrogens (tertiary/aromatic N) is 1. The molecule has 0 radical (unpaired) electrons. The Labute approximate surface area is 117 Å². The number of methoxy groups -OCH3 is 1. The summed E-state index contributed by atoms with van der Waals surface area (Å²) in [5.41, 5.74) is 9.07. The molecular formula is C16H17FN2O. The van der Waals surface area contributed by atoms with Gasteiger partial charge in [-0.05, 0) is 29.8 Å². The molecule has 0 fully saturated rings. The van der Waals surface area contributed by atoms with Crippen molar-refractivity contribution < 1.29 is 9.13 Å². The largest absolute Gasteiger partial charge is 0.496 e. The molecule has 1 aliphatic rings. The van der Waals surface area contributed by atoms with Gasteiger partial charge in [0.2, 0.25) is 0 Å². The lowest BCUT2D eigenvalue weighted by Crippen LogP contribution is -2.27. The second kappa shape index (κ2) is 5.13. The van der Waals surface area contributed by atoms with E-state index in [-0.39, 0.29) is 11.9 Å². The summed E-state index contributed by atoms with van der Waals surface area (Å²) in [6, 6.07) is 12.7. The molecule has 0 saturated heterocycles. The van der Waals surface area contributed by atoms with Crippen molar-refractivity contribution in [1.29, 1.82) is 0 Å². The fraction of sp³-hybridized carbons (Fsp3) is 0.250. The van der Waals surface area contributed by atoms with Gasteiger partial charge in [-0.1, -0.05) is 18.2 Å². The minimum absolute atomic E-state index is 0.0573. The molecule has 0 aliphatic carbocycles. The molecule has 4 heteroatoms. The van der Waals surface area contributed by atoms with Crippen LogP contribution in [0, 0.1) is 5.82 Å². The standard InChI is InChI=1S/C16H17FN2O/c1-20-16-7-3-6-13-14(16)10-19(15(13)9-18)12-5-2-4-11(17)8-12/h2-8,15H,9-10,18H2,1H3. The first-order valence-electron chi connectivity index (χ1n) is 6.62. The third kappa shape index (κ3) is 2.02. The highest BCUT2D eigenvalue weighted by Gasteiger charge is 2.31. The van der Waals surface area contributed by atoms with E-state index in [0.717, 1.165) is 22.6 Å². The second-order valence-electron chi connectivity index (χ2n) is 4.89. The summed E-state index contributed by atoms with van der Waals surface area (Å²) in [5, 5.41) is 0. The van der Waals surface area contributed by atoms with Gasteiger partial charge in [0.05, 0.1) is 13.2 Å². The van der Waals surface area contributed by atoms with Crippen molar-refractivity contribution in [2.45, 2.75) is 12.6 Å². The Morgan fingerprint density at radius 2 is 2.10 bits per heavy atom. The van der Waals surface area contributed by atoms with Gasteiger partial charge in [-0.3, -0.25) is 0 Å². The van der Waals surface area contributed by atoms with Gasteiger partial charge >= 0.3 is 0 Å². The van der Waals surface area contributed by atoms with Gasteiger partial charge in [-0.25, -0.2) is 4.39 Å². The molecule has 104 valence electrons. The number of ether oxygens (including phenoxy) is 1. The lowest BCUT2D eigenvalue weighted by Gasteiger charge is -2.26. The number of fused-ring (bicyclic) bond motifs is 1. The first-order valence-corrected chi connectivity index (χ1v) is 6.62. The fourth-order valence-corrected chi connectivity index (χ4v) is 2.88. The van der Waals surface area contributed by atoms with Gasteiger partial charge in [0.25, 0.3) is 0 Å². The smallest absolute Gasteiger partial charge is 0.125 e. The number of rotatable bonds is 3. The van der Waals surface area contributed by atoms with E-state index in [1.54, 1.807) is 19.2 Å². The van der Waals surface area contributed by atoms with E-state index in [0.29, 0.717) is 13.1 Å². The lowest BCUT2D eigenvalue weighted by atomic mass is 10.0. The number of halogens is 1. The van der Waals surface area contributed by atoms with E-state index >= 15 is 0 Å². The average molecular weight is 272 g/mol. The maximum Gasteiger partial charge on any atom is 0.125 e. The molecule has 0 aromatic heterocycles. The van der Waals surface area contributed by atoms with Gasteiger partial charge in [-0.15, -0.1) is 0 Å². The molecule has 1 aliphatic heterocycles. The highest BCUT2D eigenvalue weighted by atomic mass is 19.1. The fourth-order valence-electron chi connectivity index (χ4n) is 2.88. The number of nitrogens with two attached hydrogens (primary N) is 1. The summed E-state index contributed by atoms with van der Waals surface area (Å²) in [7, 11) is 1.66. The van der Waals surface area contributed by atoms with E-state index in [1.165, 1.54) is 6.07 Å². The predicted octanol–water partition coefficient (Wildman–Crippen LogP) is 2.85. The summed E-state index contributed by atoms with van der Waals surface area (Å²) in [4.78, 5) is 2.12. The third-order valence-corrected chi connectivity index (χ3v) is 3.82. The van der Waals surface area contributed by atoms with E-state index in [4.69, 9.17) is 10.5 Å². The van der Waals surface area contributed by atoms with Gasteiger partial charge in [-0.2, -0.15) is 0 Å². The molecule has 3 nitrogen and oxygen atoms in total. The van der Waals surface area contributed by atoms with Crippen molar-refractivity contribution in [2.75, 3.05) is 18.6 Å². The van der Waals surface area contributed by atoms with Crippen LogP contribution in [0.4, 0.5) is 10.1 Å². The third-order valence-electron chi connectivity index (χ3n) is 3.82. The van der Waals surface area contributed by atoms with Gasteiger partial charge in [0.15, 0.2) is 0 Å². The Kier molecular flexibility index (Phi) is 3.32. The SMILES string of the molecule is COc1cccc2c1CN(c1cccc(F)c1)C2CN. The monoisotopic (exact) mass is 272 g/mol. The molecule has 0 bridgehead atoms. The maximum atomic E-state index is 13.4. The first-order chi connectivity index (χ1) is 9.74. The molecule has 2 aromatic carbocycles. The quantitative estimate of drug-likeness (QED) is 0.933. The summed E-state index contributed by atoms with van der Waals surface area (Å²) >= 11 is 0. The molecule has 3 rings (SSSR count). The zero-order chi connectivity index (χ0) is 14.1. The van der Waals surface area contributed by atoms with E-state index in [1.807, 2.05) is 18.2 Å². The summed E-state index contributed by atoms with van der Waals surface area (Å²) in [6.45, 7) is 1.17. The molecule has 1 unspecified atom stereocenters. The summed E-state index contributed by atoms with van der Waals surface area (Å²) in [5.74, 6) is 0.626. The van der Waals surface area contributed by atoms with Crippen LogP contribution in [0.3, 0.4) is 0 Å². The molecular weight excluding hydrogens is 255 g/mol. The van der Waals surface area contributed by atoms with Crippen LogP contribution in [0.15, 0.2) is 42.5 Å². The van der Waals surface area contributed by atoms with Crippen LogP contribution in [0.2, 0.25) is 0 Å². The minimum atomic E-state index is -0.235. The number of hydrogen-bond acceptors (Lipinski definition) is 3. The Balaban J connectivity index is 2.04. The van der Waals surface area contributed by atoms with Crippen LogP contribution >= 0.6 is 0 Å². The Hall–Kier alpha value is -2.07. The van der Waals surface area contributed by atoms with Crippen molar-refractivity contribution in [3.63, 3.8) is 0 Å². The molecule has 2 N–H and O–H groups in total. The normalized spacial score (nSPS) is 17.1. The van der Waals surface area contributed by atoms with Crippen LogP contribution in [0.5, 0.6) is 5.75 Å². The zero-order valence-corrected chi connectivity index (χ0v) is 11.3. The molecule has 1 atom stereocenters. The lowest BCUT2D eigenvalue weighted by molar-refractivity contribution is 0.410. The Morgan fingerprint density at radius 3 is 2.80 bits per heavy atom. The van der Waals surface area contributed by atoms with Crippen molar-refractivity contribution in [1.82, 2.24) is 0 Å². The highest BCUT2D eigenvalue weighted by Crippen LogP contribution is 2.40. The average Bonchev–Trinajstić information content (AvgIpc) is 2.85. The van der Waals surface area contributed by atoms with E-state index in [9.17, 15) is 4.39 Å². The molecule has 1 heterocycles. The number of benzene rings is 2. The van der Waals surface area contributed by atoms with E-state index in [2.05, 4.69) is 11.0 Å². The zero-order valence-electron chi connectivity index (χ0n) is 11.3. The predicted molar refractivity (Wildman–Crippen MR) is 77.4 cm³/mol. The van der Waals surface area contributed by atoms with Crippen LogP contribution in [-0.2, 0) is 6.54 Å². The van der Waals surface area contributed by atoms with Crippen molar-refractivity contribution >= 4 is 5.69 Å². The summed E-state index contributed by atoms with van der Waals surface area (Å²) in [6.07, 6.45) is 0. The van der Waals surface area contributed by atoms with Gasteiger partial charge in [0, 0.05) is 24.3 Å². The Bertz CT molecular complexity index is 630. The van der Waals surface area contributed by atoms with Gasteiger partial charge < -0.3 is 15.4 Å². The highest BCUT2D eigenvalue weighted by molar-refractivity contribution is 5.58. The minimum Gasteiger partial charge on any atom is -0.496 e. The van der Waals surface area contributed by atoms with Crippen LogP contribution in [0.25, 0.3) is 0 Å². The molecule has 2 aromatic rings. The first kappa shape index (κ1) is 12.9.